The van der Waals surface area contributed by atoms with Gasteiger partial charge in [-0.2, -0.15) is 0 Å². The third-order valence-electron chi connectivity index (χ3n) is 2.79. The molecule has 1 heterocycles. The second-order valence-electron chi connectivity index (χ2n) is 3.89. The van der Waals surface area contributed by atoms with Gasteiger partial charge in [0.05, 0.1) is 18.1 Å². The number of methoxy groups -OCH3 is 1. The Hall–Kier alpha value is -2.31. The number of aromatic nitrogens is 2. The van der Waals surface area contributed by atoms with Gasteiger partial charge < -0.3 is 16.2 Å². The fourth-order valence-corrected chi connectivity index (χ4v) is 1.81. The van der Waals surface area contributed by atoms with Crippen molar-refractivity contribution >= 4 is 22.9 Å². The molecule has 0 fully saturated rings. The fourth-order valence-electron chi connectivity index (χ4n) is 1.81. The quantitative estimate of drug-likeness (QED) is 0.844. The first-order chi connectivity index (χ1) is 8.45. The highest BCUT2D eigenvalue weighted by Crippen LogP contribution is 2.28. The number of primary amides is 1. The van der Waals surface area contributed by atoms with E-state index in [-0.39, 0.29) is 11.7 Å². The van der Waals surface area contributed by atoms with Crippen molar-refractivity contribution in [3.63, 3.8) is 0 Å². The predicted octanol–water partition coefficient (Wildman–Crippen LogP) is 0.812. The molecule has 1 amide bonds. The Bertz CT molecular complexity index is 623. The Morgan fingerprint density at radius 2 is 2.22 bits per heavy atom. The number of benzene rings is 1. The topological polar surface area (TPSA) is 96.2 Å². The molecule has 6 nitrogen and oxygen atoms in total. The van der Waals surface area contributed by atoms with Crippen molar-refractivity contribution in [2.45, 2.75) is 13.0 Å². The SMILES string of the molecule is COc1cc2c(cc1F)nc(N)n2C(C)C(N)=O. The average Bonchev–Trinajstić information content (AvgIpc) is 2.61. The van der Waals surface area contributed by atoms with Crippen LogP contribution in [0, 0.1) is 5.82 Å². The van der Waals surface area contributed by atoms with Crippen LogP contribution in [0.5, 0.6) is 5.75 Å². The van der Waals surface area contributed by atoms with E-state index in [1.807, 2.05) is 0 Å². The molecule has 0 aliphatic carbocycles. The Kier molecular flexibility index (Phi) is 2.82. The van der Waals surface area contributed by atoms with E-state index >= 15 is 0 Å². The van der Waals surface area contributed by atoms with Crippen molar-refractivity contribution in [3.05, 3.63) is 17.9 Å². The number of imidazole rings is 1. The molecule has 1 aromatic heterocycles. The van der Waals surface area contributed by atoms with Crippen LogP contribution in [0.4, 0.5) is 10.3 Å². The molecule has 0 aliphatic rings. The monoisotopic (exact) mass is 252 g/mol. The molecule has 2 rings (SSSR count). The lowest BCUT2D eigenvalue weighted by Gasteiger charge is -2.12. The van der Waals surface area contributed by atoms with Crippen molar-refractivity contribution < 1.29 is 13.9 Å². The Labute approximate surface area is 102 Å². The highest BCUT2D eigenvalue weighted by Gasteiger charge is 2.19. The van der Waals surface area contributed by atoms with Gasteiger partial charge in [-0.3, -0.25) is 9.36 Å². The van der Waals surface area contributed by atoms with Crippen LogP contribution in [0.1, 0.15) is 13.0 Å². The number of amides is 1. The van der Waals surface area contributed by atoms with Gasteiger partial charge in [-0.1, -0.05) is 0 Å². The van der Waals surface area contributed by atoms with Crippen LogP contribution in [-0.2, 0) is 4.79 Å². The van der Waals surface area contributed by atoms with E-state index in [9.17, 15) is 9.18 Å². The average molecular weight is 252 g/mol. The predicted molar refractivity (Wildman–Crippen MR) is 64.6 cm³/mol. The van der Waals surface area contributed by atoms with Gasteiger partial charge in [-0.05, 0) is 6.92 Å². The lowest BCUT2D eigenvalue weighted by Crippen LogP contribution is -2.24. The summed E-state index contributed by atoms with van der Waals surface area (Å²) in [5.41, 5.74) is 11.8. The number of hydrogen-bond donors (Lipinski definition) is 2. The van der Waals surface area contributed by atoms with Crippen molar-refractivity contribution in [1.82, 2.24) is 9.55 Å². The molecule has 18 heavy (non-hydrogen) atoms. The van der Waals surface area contributed by atoms with Crippen LogP contribution < -0.4 is 16.2 Å². The summed E-state index contributed by atoms with van der Waals surface area (Å²) in [5, 5.41) is 0. The molecule has 2 aromatic rings. The maximum absolute atomic E-state index is 13.5. The van der Waals surface area contributed by atoms with Crippen molar-refractivity contribution in [2.75, 3.05) is 12.8 Å². The zero-order valence-corrected chi connectivity index (χ0v) is 9.98. The second kappa shape index (κ2) is 4.17. The molecule has 0 radical (unpaired) electrons. The van der Waals surface area contributed by atoms with Crippen LogP contribution in [-0.4, -0.2) is 22.6 Å². The number of anilines is 1. The van der Waals surface area contributed by atoms with Gasteiger partial charge >= 0.3 is 0 Å². The number of hydrogen-bond acceptors (Lipinski definition) is 4. The summed E-state index contributed by atoms with van der Waals surface area (Å²) in [4.78, 5) is 15.2. The van der Waals surface area contributed by atoms with E-state index in [1.165, 1.54) is 23.8 Å². The Morgan fingerprint density at radius 3 is 2.78 bits per heavy atom. The summed E-state index contributed by atoms with van der Waals surface area (Å²) in [6.45, 7) is 1.59. The van der Waals surface area contributed by atoms with Crippen LogP contribution in [0.25, 0.3) is 11.0 Å². The van der Waals surface area contributed by atoms with Gasteiger partial charge in [-0.25, -0.2) is 9.37 Å². The fraction of sp³-hybridized carbons (Fsp3) is 0.273. The number of rotatable bonds is 3. The van der Waals surface area contributed by atoms with Crippen LogP contribution in [0.3, 0.4) is 0 Å². The molecule has 0 saturated heterocycles. The lowest BCUT2D eigenvalue weighted by atomic mass is 10.2. The largest absolute Gasteiger partial charge is 0.494 e. The normalized spacial score (nSPS) is 12.6. The van der Waals surface area contributed by atoms with E-state index in [0.717, 1.165) is 0 Å². The first-order valence-corrected chi connectivity index (χ1v) is 5.26. The molecule has 0 bridgehead atoms. The molecule has 0 aliphatic heterocycles. The number of fused-ring (bicyclic) bond motifs is 1. The van der Waals surface area contributed by atoms with Gasteiger partial charge in [-0.15, -0.1) is 0 Å². The number of carbonyl (C=O) groups is 1. The Morgan fingerprint density at radius 1 is 1.56 bits per heavy atom. The zero-order chi connectivity index (χ0) is 13.4. The number of nitrogens with two attached hydrogens (primary N) is 2. The zero-order valence-electron chi connectivity index (χ0n) is 9.98. The number of nitrogen functional groups attached to an aromatic ring is 1. The van der Waals surface area contributed by atoms with Crippen molar-refractivity contribution in [2.24, 2.45) is 5.73 Å². The molecule has 0 saturated carbocycles. The number of nitrogens with zero attached hydrogens (tertiary/aromatic N) is 2. The summed E-state index contributed by atoms with van der Waals surface area (Å²) in [7, 11) is 1.35. The molecular weight excluding hydrogens is 239 g/mol. The summed E-state index contributed by atoms with van der Waals surface area (Å²) in [6.07, 6.45) is 0. The van der Waals surface area contributed by atoms with Crippen molar-refractivity contribution in [3.8, 4) is 5.75 Å². The standard InChI is InChI=1S/C11H13FN4O2/c1-5(10(13)17)16-8-4-9(18-2)6(12)3-7(8)15-11(16)14/h3-5H,1-2H3,(H2,13,17)(H2,14,15). The number of carbonyl (C=O) groups excluding carboxylic acids is 1. The Balaban J connectivity index is 2.73. The minimum atomic E-state index is -0.676. The van der Waals surface area contributed by atoms with Gasteiger partial charge in [0, 0.05) is 12.1 Å². The molecule has 4 N–H and O–H groups in total. The minimum Gasteiger partial charge on any atom is -0.494 e. The molecule has 96 valence electrons. The molecule has 0 spiro atoms. The van der Waals surface area contributed by atoms with Crippen LogP contribution >= 0.6 is 0 Å². The first kappa shape index (κ1) is 12.2. The molecule has 1 aromatic carbocycles. The molecule has 7 heteroatoms. The molecule has 1 unspecified atom stereocenters. The van der Waals surface area contributed by atoms with E-state index in [4.69, 9.17) is 16.2 Å². The third kappa shape index (κ3) is 1.73. The molecular formula is C11H13FN4O2. The summed E-state index contributed by atoms with van der Waals surface area (Å²) >= 11 is 0. The van der Waals surface area contributed by atoms with Gasteiger partial charge in [0.1, 0.15) is 6.04 Å². The second-order valence-corrected chi connectivity index (χ2v) is 3.89. The molecule has 1 atom stereocenters. The van der Waals surface area contributed by atoms with E-state index in [2.05, 4.69) is 4.98 Å². The van der Waals surface area contributed by atoms with Gasteiger partial charge in [0.2, 0.25) is 11.9 Å². The third-order valence-corrected chi connectivity index (χ3v) is 2.79. The first-order valence-electron chi connectivity index (χ1n) is 5.26. The van der Waals surface area contributed by atoms with E-state index in [0.29, 0.717) is 11.0 Å². The van der Waals surface area contributed by atoms with Gasteiger partial charge in [0.25, 0.3) is 0 Å². The van der Waals surface area contributed by atoms with Crippen LogP contribution in [0.15, 0.2) is 12.1 Å². The van der Waals surface area contributed by atoms with Crippen LogP contribution in [0.2, 0.25) is 0 Å². The van der Waals surface area contributed by atoms with E-state index in [1.54, 1.807) is 6.92 Å². The summed E-state index contributed by atoms with van der Waals surface area (Å²) in [6, 6.07) is 1.97. The van der Waals surface area contributed by atoms with Gasteiger partial charge in [0.15, 0.2) is 11.6 Å². The van der Waals surface area contributed by atoms with Crippen molar-refractivity contribution in [1.29, 1.82) is 0 Å². The summed E-state index contributed by atoms with van der Waals surface area (Å²) in [5.74, 6) is -0.935. The summed E-state index contributed by atoms with van der Waals surface area (Å²) < 4.78 is 19.8. The number of halogens is 1. The van der Waals surface area contributed by atoms with E-state index < -0.39 is 17.8 Å². The highest BCUT2D eigenvalue weighted by atomic mass is 19.1. The maximum atomic E-state index is 13.5. The smallest absolute Gasteiger partial charge is 0.240 e. The highest BCUT2D eigenvalue weighted by molar-refractivity contribution is 5.85. The number of ether oxygens (including phenoxy) is 1. The lowest BCUT2D eigenvalue weighted by molar-refractivity contribution is -0.120. The maximum Gasteiger partial charge on any atom is 0.240 e. The minimum absolute atomic E-state index is 0.0559.